The third-order valence-corrected chi connectivity index (χ3v) is 7.19. The number of aryl methyl sites for hydroxylation is 1. The highest BCUT2D eigenvalue weighted by Crippen LogP contribution is 2.61. The summed E-state index contributed by atoms with van der Waals surface area (Å²) in [5.74, 6) is 2.88. The van der Waals surface area contributed by atoms with Crippen LogP contribution < -0.4 is 4.74 Å². The van der Waals surface area contributed by atoms with Gasteiger partial charge in [-0.05, 0) is 78.5 Å². The van der Waals surface area contributed by atoms with Crippen LogP contribution in [0.4, 0.5) is 0 Å². The summed E-state index contributed by atoms with van der Waals surface area (Å²) in [5.41, 5.74) is 3.03. The number of rotatable bonds is 2. The Balaban J connectivity index is 1.67. The molecule has 0 aromatic heterocycles. The van der Waals surface area contributed by atoms with Gasteiger partial charge >= 0.3 is 0 Å². The molecule has 1 aromatic carbocycles. The fourth-order valence-electron chi connectivity index (χ4n) is 5.87. The van der Waals surface area contributed by atoms with E-state index in [0.717, 1.165) is 25.0 Å². The summed E-state index contributed by atoms with van der Waals surface area (Å²) in [6, 6.07) is 6.62. The van der Waals surface area contributed by atoms with E-state index in [-0.39, 0.29) is 17.6 Å². The second-order valence-electron chi connectivity index (χ2n) is 7.98. The average Bonchev–Trinajstić information content (AvgIpc) is 2.85. The van der Waals surface area contributed by atoms with Crippen molar-refractivity contribution in [3.05, 3.63) is 29.3 Å². The molecule has 1 N–H and O–H groups in total. The van der Waals surface area contributed by atoms with Gasteiger partial charge in [0, 0.05) is 7.11 Å². The van der Waals surface area contributed by atoms with E-state index in [1.54, 1.807) is 14.2 Å². The fourth-order valence-corrected chi connectivity index (χ4v) is 5.87. The second kappa shape index (κ2) is 5.49. The first-order chi connectivity index (χ1) is 11.1. The lowest BCUT2D eigenvalue weighted by Crippen LogP contribution is -2.45. The number of benzene rings is 1. The summed E-state index contributed by atoms with van der Waals surface area (Å²) in [4.78, 5) is 0. The van der Waals surface area contributed by atoms with Crippen LogP contribution in [0, 0.1) is 17.3 Å². The SMILES string of the molecule is COc1ccc2c(c1)CCC1C2CCC2(C)C(O)C(OC)CC12. The largest absolute Gasteiger partial charge is 0.497 e. The van der Waals surface area contributed by atoms with Crippen LogP contribution in [0.2, 0.25) is 0 Å². The molecule has 3 nitrogen and oxygen atoms in total. The van der Waals surface area contributed by atoms with Crippen LogP contribution in [0.5, 0.6) is 5.75 Å². The van der Waals surface area contributed by atoms with E-state index in [0.29, 0.717) is 17.8 Å². The zero-order chi connectivity index (χ0) is 16.2. The zero-order valence-electron chi connectivity index (χ0n) is 14.4. The molecular weight excluding hydrogens is 288 g/mol. The van der Waals surface area contributed by atoms with Gasteiger partial charge in [0.2, 0.25) is 0 Å². The maximum atomic E-state index is 10.8. The van der Waals surface area contributed by atoms with Crippen LogP contribution in [0.15, 0.2) is 18.2 Å². The molecule has 23 heavy (non-hydrogen) atoms. The second-order valence-corrected chi connectivity index (χ2v) is 7.98. The smallest absolute Gasteiger partial charge is 0.119 e. The Morgan fingerprint density at radius 1 is 1.22 bits per heavy atom. The molecule has 0 aliphatic heterocycles. The molecule has 0 radical (unpaired) electrons. The normalized spacial score (nSPS) is 41.8. The first-order valence-electron chi connectivity index (χ1n) is 8.96. The minimum absolute atomic E-state index is 0.0148. The summed E-state index contributed by atoms with van der Waals surface area (Å²) >= 11 is 0. The van der Waals surface area contributed by atoms with Gasteiger partial charge in [-0.2, -0.15) is 0 Å². The fraction of sp³-hybridized carbons (Fsp3) is 0.700. The first kappa shape index (κ1) is 15.5. The van der Waals surface area contributed by atoms with Gasteiger partial charge in [0.25, 0.3) is 0 Å². The van der Waals surface area contributed by atoms with Crippen molar-refractivity contribution in [3.63, 3.8) is 0 Å². The number of ether oxygens (including phenoxy) is 2. The molecule has 126 valence electrons. The Labute approximate surface area is 139 Å². The van der Waals surface area contributed by atoms with Gasteiger partial charge in [0.15, 0.2) is 0 Å². The number of fused-ring (bicyclic) bond motifs is 5. The van der Waals surface area contributed by atoms with Crippen molar-refractivity contribution in [3.8, 4) is 5.75 Å². The molecule has 2 fully saturated rings. The average molecular weight is 316 g/mol. The minimum Gasteiger partial charge on any atom is -0.497 e. The molecule has 0 bridgehead atoms. The molecule has 6 unspecified atom stereocenters. The lowest BCUT2D eigenvalue weighted by atomic mass is 9.55. The van der Waals surface area contributed by atoms with Crippen LogP contribution in [-0.2, 0) is 11.2 Å². The monoisotopic (exact) mass is 316 g/mol. The summed E-state index contributed by atoms with van der Waals surface area (Å²) in [6.45, 7) is 2.29. The molecule has 4 rings (SSSR count). The topological polar surface area (TPSA) is 38.7 Å². The molecule has 2 saturated carbocycles. The third kappa shape index (κ3) is 2.16. The van der Waals surface area contributed by atoms with Crippen molar-refractivity contribution in [1.82, 2.24) is 0 Å². The van der Waals surface area contributed by atoms with E-state index >= 15 is 0 Å². The highest BCUT2D eigenvalue weighted by Gasteiger charge is 2.58. The van der Waals surface area contributed by atoms with Gasteiger partial charge in [-0.1, -0.05) is 13.0 Å². The molecular formula is C20H28O3. The van der Waals surface area contributed by atoms with Crippen LogP contribution in [0.3, 0.4) is 0 Å². The Kier molecular flexibility index (Phi) is 3.69. The molecule has 3 aliphatic rings. The van der Waals surface area contributed by atoms with Crippen molar-refractivity contribution in [2.75, 3.05) is 14.2 Å². The van der Waals surface area contributed by atoms with Gasteiger partial charge < -0.3 is 14.6 Å². The summed E-state index contributed by atoms with van der Waals surface area (Å²) in [6.07, 6.45) is 5.37. The van der Waals surface area contributed by atoms with Crippen molar-refractivity contribution in [2.45, 2.75) is 57.2 Å². The Bertz CT molecular complexity index is 599. The van der Waals surface area contributed by atoms with Gasteiger partial charge in [-0.15, -0.1) is 0 Å². The van der Waals surface area contributed by atoms with Crippen LogP contribution in [-0.4, -0.2) is 31.5 Å². The van der Waals surface area contributed by atoms with Gasteiger partial charge in [0.05, 0.1) is 19.3 Å². The Hall–Kier alpha value is -1.06. The maximum Gasteiger partial charge on any atom is 0.119 e. The van der Waals surface area contributed by atoms with E-state index in [9.17, 15) is 5.11 Å². The Morgan fingerprint density at radius 2 is 2.04 bits per heavy atom. The van der Waals surface area contributed by atoms with Crippen molar-refractivity contribution in [2.24, 2.45) is 17.3 Å². The van der Waals surface area contributed by atoms with Gasteiger partial charge in [-0.25, -0.2) is 0 Å². The van der Waals surface area contributed by atoms with Crippen LogP contribution in [0.1, 0.15) is 49.7 Å². The first-order valence-corrected chi connectivity index (χ1v) is 8.96. The van der Waals surface area contributed by atoms with E-state index in [4.69, 9.17) is 9.47 Å². The predicted octanol–water partition coefficient (Wildman–Crippen LogP) is 3.54. The lowest BCUT2D eigenvalue weighted by molar-refractivity contribution is -0.0607. The molecule has 3 heteroatoms. The number of hydrogen-bond donors (Lipinski definition) is 1. The van der Waals surface area contributed by atoms with E-state index in [1.165, 1.54) is 24.0 Å². The van der Waals surface area contributed by atoms with Gasteiger partial charge in [0.1, 0.15) is 5.75 Å². The molecule has 3 aliphatic carbocycles. The number of hydrogen-bond acceptors (Lipinski definition) is 3. The van der Waals surface area contributed by atoms with E-state index < -0.39 is 0 Å². The van der Waals surface area contributed by atoms with E-state index in [2.05, 4.69) is 25.1 Å². The predicted molar refractivity (Wildman–Crippen MR) is 89.8 cm³/mol. The standard InChI is InChI=1S/C20H28O3/c1-20-9-8-15-14-7-5-13(22-2)10-12(14)4-6-16(15)17(20)11-18(23-3)19(20)21/h5,7,10,15-19,21H,4,6,8-9,11H2,1-3H3. The van der Waals surface area contributed by atoms with Gasteiger partial charge in [-0.3, -0.25) is 0 Å². The maximum absolute atomic E-state index is 10.8. The van der Waals surface area contributed by atoms with E-state index in [1.807, 2.05) is 0 Å². The summed E-state index contributed by atoms with van der Waals surface area (Å²) in [5, 5.41) is 10.8. The molecule has 1 aromatic rings. The zero-order valence-corrected chi connectivity index (χ0v) is 14.4. The number of methoxy groups -OCH3 is 2. The quantitative estimate of drug-likeness (QED) is 0.907. The minimum atomic E-state index is -0.310. The van der Waals surface area contributed by atoms with Crippen LogP contribution >= 0.6 is 0 Å². The highest BCUT2D eigenvalue weighted by molar-refractivity contribution is 5.40. The number of aliphatic hydroxyl groups is 1. The number of aliphatic hydroxyl groups excluding tert-OH is 1. The summed E-state index contributed by atoms with van der Waals surface area (Å²) < 4.78 is 11.0. The van der Waals surface area contributed by atoms with Crippen molar-refractivity contribution in [1.29, 1.82) is 0 Å². The summed E-state index contributed by atoms with van der Waals surface area (Å²) in [7, 11) is 3.48. The highest BCUT2D eigenvalue weighted by atomic mass is 16.5. The lowest BCUT2D eigenvalue weighted by Gasteiger charge is -2.49. The molecule has 0 heterocycles. The molecule has 0 saturated heterocycles. The Morgan fingerprint density at radius 3 is 2.78 bits per heavy atom. The van der Waals surface area contributed by atoms with Crippen molar-refractivity contribution >= 4 is 0 Å². The third-order valence-electron chi connectivity index (χ3n) is 7.19. The molecule has 0 spiro atoms. The molecule has 0 amide bonds. The van der Waals surface area contributed by atoms with Crippen molar-refractivity contribution < 1.29 is 14.6 Å². The van der Waals surface area contributed by atoms with Crippen LogP contribution in [0.25, 0.3) is 0 Å². The molecule has 6 atom stereocenters.